The lowest BCUT2D eigenvalue weighted by molar-refractivity contribution is 0.306. The molecule has 76 valence electrons. The van der Waals surface area contributed by atoms with Crippen molar-refractivity contribution in [2.24, 2.45) is 0 Å². The molecular formula is C13H11ClO. The number of para-hydroxylation sites is 1. The second-order valence-electron chi connectivity index (χ2n) is 3.23. The van der Waals surface area contributed by atoms with Crippen molar-refractivity contribution < 1.29 is 4.74 Å². The first kappa shape index (κ1) is 10.1. The van der Waals surface area contributed by atoms with Crippen LogP contribution < -0.4 is 4.74 Å². The molecule has 0 unspecified atom stereocenters. The third-order valence-corrected chi connectivity index (χ3v) is 2.31. The zero-order valence-electron chi connectivity index (χ0n) is 8.19. The van der Waals surface area contributed by atoms with Crippen LogP contribution in [0, 0.1) is 0 Å². The first-order valence-electron chi connectivity index (χ1n) is 4.77. The van der Waals surface area contributed by atoms with E-state index in [4.69, 9.17) is 16.3 Å². The van der Waals surface area contributed by atoms with E-state index in [9.17, 15) is 0 Å². The Balaban J connectivity index is 1.96. The average Bonchev–Trinajstić information content (AvgIpc) is 2.30. The maximum Gasteiger partial charge on any atom is 0.119 e. The van der Waals surface area contributed by atoms with Gasteiger partial charge in [0.25, 0.3) is 0 Å². The third-order valence-electron chi connectivity index (χ3n) is 2.06. The van der Waals surface area contributed by atoms with E-state index in [2.05, 4.69) is 0 Å². The van der Waals surface area contributed by atoms with Gasteiger partial charge in [0.15, 0.2) is 0 Å². The molecule has 0 heterocycles. The summed E-state index contributed by atoms with van der Waals surface area (Å²) < 4.78 is 5.59. The molecule has 2 aromatic rings. The SMILES string of the molecule is Clc1ccc(COc2ccccc2)cc1. The lowest BCUT2D eigenvalue weighted by Gasteiger charge is -2.05. The summed E-state index contributed by atoms with van der Waals surface area (Å²) in [6, 6.07) is 17.4. The van der Waals surface area contributed by atoms with Crippen LogP contribution in [0.25, 0.3) is 0 Å². The van der Waals surface area contributed by atoms with Crippen LogP contribution in [0.2, 0.25) is 5.02 Å². The van der Waals surface area contributed by atoms with Crippen molar-refractivity contribution >= 4 is 11.6 Å². The summed E-state index contributed by atoms with van der Waals surface area (Å²) in [7, 11) is 0. The van der Waals surface area contributed by atoms with Gasteiger partial charge in [0, 0.05) is 5.02 Å². The van der Waals surface area contributed by atoms with Crippen LogP contribution in [0.1, 0.15) is 5.56 Å². The summed E-state index contributed by atoms with van der Waals surface area (Å²) in [4.78, 5) is 0. The first-order valence-corrected chi connectivity index (χ1v) is 5.15. The van der Waals surface area contributed by atoms with Crippen LogP contribution in [0.5, 0.6) is 5.75 Å². The Morgan fingerprint density at radius 1 is 0.867 bits per heavy atom. The Kier molecular flexibility index (Phi) is 3.25. The Morgan fingerprint density at radius 2 is 1.53 bits per heavy atom. The Morgan fingerprint density at radius 3 is 2.20 bits per heavy atom. The van der Waals surface area contributed by atoms with Crippen molar-refractivity contribution in [1.82, 2.24) is 0 Å². The Hall–Kier alpha value is -1.47. The number of ether oxygens (including phenoxy) is 1. The van der Waals surface area contributed by atoms with Gasteiger partial charge in [-0.25, -0.2) is 0 Å². The van der Waals surface area contributed by atoms with E-state index >= 15 is 0 Å². The summed E-state index contributed by atoms with van der Waals surface area (Å²) in [5, 5.41) is 0.749. The van der Waals surface area contributed by atoms with E-state index in [0.717, 1.165) is 16.3 Å². The zero-order chi connectivity index (χ0) is 10.5. The van der Waals surface area contributed by atoms with Crippen molar-refractivity contribution in [3.05, 3.63) is 65.2 Å². The molecule has 0 aromatic heterocycles. The van der Waals surface area contributed by atoms with Gasteiger partial charge in [-0.05, 0) is 29.8 Å². The van der Waals surface area contributed by atoms with Crippen LogP contribution in [0.4, 0.5) is 0 Å². The van der Waals surface area contributed by atoms with Crippen molar-refractivity contribution in [2.75, 3.05) is 0 Å². The second kappa shape index (κ2) is 4.85. The van der Waals surface area contributed by atoms with Gasteiger partial charge in [-0.15, -0.1) is 0 Å². The molecule has 0 N–H and O–H groups in total. The summed E-state index contributed by atoms with van der Waals surface area (Å²) in [5.74, 6) is 0.882. The molecule has 0 aliphatic carbocycles. The number of hydrogen-bond donors (Lipinski definition) is 0. The smallest absolute Gasteiger partial charge is 0.119 e. The van der Waals surface area contributed by atoms with E-state index in [0.29, 0.717) is 6.61 Å². The monoisotopic (exact) mass is 218 g/mol. The van der Waals surface area contributed by atoms with Crippen molar-refractivity contribution in [3.8, 4) is 5.75 Å². The molecule has 0 radical (unpaired) electrons. The molecule has 2 heteroatoms. The highest BCUT2D eigenvalue weighted by Gasteiger charge is 1.94. The van der Waals surface area contributed by atoms with Crippen LogP contribution >= 0.6 is 11.6 Å². The molecule has 0 aliphatic rings. The maximum atomic E-state index is 5.79. The molecule has 2 rings (SSSR count). The second-order valence-corrected chi connectivity index (χ2v) is 3.66. The summed E-state index contributed by atoms with van der Waals surface area (Å²) in [6.45, 7) is 0.571. The topological polar surface area (TPSA) is 9.23 Å². The first-order chi connectivity index (χ1) is 7.34. The fourth-order valence-electron chi connectivity index (χ4n) is 1.26. The van der Waals surface area contributed by atoms with Crippen LogP contribution in [-0.4, -0.2) is 0 Å². The van der Waals surface area contributed by atoms with E-state index < -0.39 is 0 Å². The highest BCUT2D eigenvalue weighted by molar-refractivity contribution is 6.30. The highest BCUT2D eigenvalue weighted by Crippen LogP contribution is 2.13. The lowest BCUT2D eigenvalue weighted by Crippen LogP contribution is -1.94. The number of hydrogen-bond acceptors (Lipinski definition) is 1. The molecule has 0 atom stereocenters. The van der Waals surface area contributed by atoms with Crippen LogP contribution in [-0.2, 0) is 6.61 Å². The van der Waals surface area contributed by atoms with Crippen molar-refractivity contribution in [3.63, 3.8) is 0 Å². The van der Waals surface area contributed by atoms with Gasteiger partial charge >= 0.3 is 0 Å². The molecule has 15 heavy (non-hydrogen) atoms. The van der Waals surface area contributed by atoms with E-state index in [-0.39, 0.29) is 0 Å². The number of rotatable bonds is 3. The van der Waals surface area contributed by atoms with E-state index in [1.54, 1.807) is 0 Å². The quantitative estimate of drug-likeness (QED) is 0.759. The maximum absolute atomic E-state index is 5.79. The Labute approximate surface area is 94.3 Å². The van der Waals surface area contributed by atoms with Gasteiger partial charge in [-0.1, -0.05) is 41.9 Å². The summed E-state index contributed by atoms with van der Waals surface area (Å²) >= 11 is 5.79. The predicted octanol–water partition coefficient (Wildman–Crippen LogP) is 3.92. The third kappa shape index (κ3) is 3.00. The lowest BCUT2D eigenvalue weighted by atomic mass is 10.2. The largest absolute Gasteiger partial charge is 0.489 e. The zero-order valence-corrected chi connectivity index (χ0v) is 8.95. The molecule has 0 fully saturated rings. The van der Waals surface area contributed by atoms with Gasteiger partial charge in [-0.3, -0.25) is 0 Å². The minimum atomic E-state index is 0.571. The van der Waals surface area contributed by atoms with Gasteiger partial charge < -0.3 is 4.74 Å². The molecule has 0 amide bonds. The van der Waals surface area contributed by atoms with Gasteiger partial charge in [0.1, 0.15) is 12.4 Å². The standard InChI is InChI=1S/C13H11ClO/c14-12-8-6-11(7-9-12)10-15-13-4-2-1-3-5-13/h1-9H,10H2. The number of halogens is 1. The Bertz CT molecular complexity index is 408. The van der Waals surface area contributed by atoms with Crippen LogP contribution in [0.15, 0.2) is 54.6 Å². The van der Waals surface area contributed by atoms with Gasteiger partial charge in [0.05, 0.1) is 0 Å². The molecule has 0 bridgehead atoms. The molecule has 1 nitrogen and oxygen atoms in total. The molecule has 0 saturated carbocycles. The minimum absolute atomic E-state index is 0.571. The minimum Gasteiger partial charge on any atom is -0.489 e. The summed E-state index contributed by atoms with van der Waals surface area (Å²) in [6.07, 6.45) is 0. The van der Waals surface area contributed by atoms with Gasteiger partial charge in [-0.2, -0.15) is 0 Å². The molecule has 0 spiro atoms. The normalized spacial score (nSPS) is 9.93. The molecule has 2 aromatic carbocycles. The van der Waals surface area contributed by atoms with Gasteiger partial charge in [0.2, 0.25) is 0 Å². The van der Waals surface area contributed by atoms with Crippen LogP contribution in [0.3, 0.4) is 0 Å². The number of benzene rings is 2. The fraction of sp³-hybridized carbons (Fsp3) is 0.0769. The predicted molar refractivity (Wildman–Crippen MR) is 62.2 cm³/mol. The van der Waals surface area contributed by atoms with Crippen molar-refractivity contribution in [2.45, 2.75) is 6.61 Å². The van der Waals surface area contributed by atoms with Crippen molar-refractivity contribution in [1.29, 1.82) is 0 Å². The highest BCUT2D eigenvalue weighted by atomic mass is 35.5. The molecule has 0 aliphatic heterocycles. The molecule has 0 saturated heterocycles. The molecular weight excluding hydrogens is 208 g/mol. The average molecular weight is 219 g/mol. The summed E-state index contributed by atoms with van der Waals surface area (Å²) in [5.41, 5.74) is 1.11. The van der Waals surface area contributed by atoms with E-state index in [1.807, 2.05) is 54.6 Å². The van der Waals surface area contributed by atoms with E-state index in [1.165, 1.54) is 0 Å². The fourth-order valence-corrected chi connectivity index (χ4v) is 1.39.